The van der Waals surface area contributed by atoms with Gasteiger partial charge in [-0.2, -0.15) is 0 Å². The number of ketones is 1. The second-order valence-electron chi connectivity index (χ2n) is 5.27. The predicted molar refractivity (Wildman–Crippen MR) is 78.3 cm³/mol. The molecule has 2 rings (SSSR count). The zero-order chi connectivity index (χ0) is 15.4. The van der Waals surface area contributed by atoms with Crippen LogP contribution in [0.5, 0.6) is 0 Å². The summed E-state index contributed by atoms with van der Waals surface area (Å²) in [6.07, 6.45) is 2.83. The highest BCUT2D eigenvalue weighted by Gasteiger charge is 2.23. The number of benzene rings is 1. The van der Waals surface area contributed by atoms with E-state index in [9.17, 15) is 19.7 Å². The number of carbonyl (C=O) groups excluding carboxylic acids is 2. The minimum Gasteiger partial charge on any atom is -0.312 e. The number of anilines is 1. The third-order valence-electron chi connectivity index (χ3n) is 3.61. The predicted octanol–water partition coefficient (Wildman–Crippen LogP) is 2.63. The van der Waals surface area contributed by atoms with E-state index in [1.807, 2.05) is 0 Å². The van der Waals surface area contributed by atoms with E-state index in [4.69, 9.17) is 0 Å². The van der Waals surface area contributed by atoms with Crippen LogP contribution < -0.4 is 4.90 Å². The Bertz CT molecular complexity index is 583. The van der Waals surface area contributed by atoms with Crippen LogP contribution in [-0.4, -0.2) is 23.2 Å². The second kappa shape index (κ2) is 6.47. The van der Waals surface area contributed by atoms with Crippen LogP contribution in [0, 0.1) is 10.1 Å². The number of hydrogen-bond donors (Lipinski definition) is 0. The molecular weight excluding hydrogens is 272 g/mol. The summed E-state index contributed by atoms with van der Waals surface area (Å²) in [5.41, 5.74) is 1.62. The maximum Gasteiger partial charge on any atom is 0.269 e. The monoisotopic (exact) mass is 290 g/mol. The van der Waals surface area contributed by atoms with Crippen LogP contribution in [0.3, 0.4) is 0 Å². The summed E-state index contributed by atoms with van der Waals surface area (Å²) in [6, 6.07) is 4.62. The maximum absolute atomic E-state index is 12.2. The lowest BCUT2D eigenvalue weighted by molar-refractivity contribution is -0.384. The van der Waals surface area contributed by atoms with E-state index in [2.05, 4.69) is 0 Å². The van der Waals surface area contributed by atoms with E-state index in [1.165, 1.54) is 13.0 Å². The van der Waals surface area contributed by atoms with Crippen molar-refractivity contribution in [3.63, 3.8) is 0 Å². The van der Waals surface area contributed by atoms with E-state index in [1.54, 1.807) is 17.0 Å². The van der Waals surface area contributed by atoms with E-state index < -0.39 is 4.92 Å². The molecule has 0 bridgehead atoms. The molecule has 6 nitrogen and oxygen atoms in total. The Morgan fingerprint density at radius 3 is 2.81 bits per heavy atom. The summed E-state index contributed by atoms with van der Waals surface area (Å²) >= 11 is 0. The molecule has 0 aliphatic carbocycles. The highest BCUT2D eigenvalue weighted by atomic mass is 16.6. The number of nitro benzene ring substituents is 1. The molecule has 0 saturated heterocycles. The van der Waals surface area contributed by atoms with Crippen molar-refractivity contribution in [2.45, 2.75) is 39.0 Å². The Kier molecular flexibility index (Phi) is 4.67. The molecular formula is C15H18N2O4. The van der Waals surface area contributed by atoms with Gasteiger partial charge in [-0.05, 0) is 37.8 Å². The Hall–Kier alpha value is -2.24. The second-order valence-corrected chi connectivity index (χ2v) is 5.27. The van der Waals surface area contributed by atoms with Crippen LogP contribution in [0.2, 0.25) is 0 Å². The third-order valence-corrected chi connectivity index (χ3v) is 3.61. The third kappa shape index (κ3) is 3.65. The number of hydrogen-bond acceptors (Lipinski definition) is 4. The average Bonchev–Trinajstić information content (AvgIpc) is 2.57. The van der Waals surface area contributed by atoms with Crippen molar-refractivity contribution < 1.29 is 14.5 Å². The van der Waals surface area contributed by atoms with Gasteiger partial charge in [-0.15, -0.1) is 0 Å². The van der Waals surface area contributed by atoms with Gasteiger partial charge in [0, 0.05) is 37.2 Å². The topological polar surface area (TPSA) is 80.5 Å². The number of rotatable bonds is 5. The molecule has 0 radical (unpaired) electrons. The number of nitrogens with zero attached hydrogens (tertiary/aromatic N) is 2. The number of fused-ring (bicyclic) bond motifs is 1. The van der Waals surface area contributed by atoms with Crippen LogP contribution in [-0.2, 0) is 16.0 Å². The molecule has 0 N–H and O–H groups in total. The number of carbonyl (C=O) groups is 2. The zero-order valence-corrected chi connectivity index (χ0v) is 12.0. The highest BCUT2D eigenvalue weighted by molar-refractivity contribution is 5.95. The molecule has 0 saturated carbocycles. The minimum absolute atomic E-state index is 0.0196. The van der Waals surface area contributed by atoms with Gasteiger partial charge in [-0.3, -0.25) is 14.9 Å². The molecule has 0 fully saturated rings. The van der Waals surface area contributed by atoms with Crippen molar-refractivity contribution in [2.75, 3.05) is 11.4 Å². The molecule has 0 atom stereocenters. The van der Waals surface area contributed by atoms with Crippen LogP contribution in [0.1, 0.15) is 38.2 Å². The van der Waals surface area contributed by atoms with Crippen LogP contribution in [0.4, 0.5) is 11.4 Å². The molecule has 1 amide bonds. The summed E-state index contributed by atoms with van der Waals surface area (Å²) in [5, 5.41) is 10.9. The Balaban J connectivity index is 2.26. The molecule has 0 aromatic heterocycles. The number of Topliss-reactive ketones (excluding diaryl/α,β-unsaturated/α-hetero) is 1. The minimum atomic E-state index is -0.424. The largest absolute Gasteiger partial charge is 0.312 e. The van der Waals surface area contributed by atoms with Crippen molar-refractivity contribution >= 4 is 23.1 Å². The first-order chi connectivity index (χ1) is 9.99. The van der Waals surface area contributed by atoms with Gasteiger partial charge in [0.2, 0.25) is 5.91 Å². The lowest BCUT2D eigenvalue weighted by Gasteiger charge is -2.22. The summed E-state index contributed by atoms with van der Waals surface area (Å²) in [6.45, 7) is 2.00. The maximum atomic E-state index is 12.2. The van der Waals surface area contributed by atoms with Gasteiger partial charge in [0.15, 0.2) is 0 Å². The van der Waals surface area contributed by atoms with Crippen molar-refractivity contribution in [3.05, 3.63) is 33.9 Å². The molecule has 1 aliphatic heterocycles. The summed E-state index contributed by atoms with van der Waals surface area (Å²) < 4.78 is 0. The van der Waals surface area contributed by atoms with Gasteiger partial charge in [0.05, 0.1) is 4.92 Å². The Labute approximate surface area is 122 Å². The average molecular weight is 290 g/mol. The van der Waals surface area contributed by atoms with Gasteiger partial charge in [-0.25, -0.2) is 0 Å². The van der Waals surface area contributed by atoms with Crippen molar-refractivity contribution in [1.29, 1.82) is 0 Å². The van der Waals surface area contributed by atoms with E-state index in [-0.39, 0.29) is 17.4 Å². The molecule has 1 aromatic carbocycles. The van der Waals surface area contributed by atoms with Crippen molar-refractivity contribution in [1.82, 2.24) is 0 Å². The first kappa shape index (κ1) is 15.2. The first-order valence-corrected chi connectivity index (χ1v) is 7.06. The number of nitro groups is 1. The van der Waals surface area contributed by atoms with E-state index in [0.29, 0.717) is 38.6 Å². The van der Waals surface area contributed by atoms with Gasteiger partial charge in [0.1, 0.15) is 5.78 Å². The van der Waals surface area contributed by atoms with Crippen molar-refractivity contribution in [3.8, 4) is 0 Å². The Morgan fingerprint density at radius 1 is 1.38 bits per heavy atom. The molecule has 112 valence electrons. The first-order valence-electron chi connectivity index (χ1n) is 7.06. The SMILES string of the molecule is CC(=O)CCCN1C(=O)CCCc2cc([N+](=O)[O-])ccc21. The quantitative estimate of drug-likeness (QED) is 0.616. The molecule has 1 aromatic rings. The molecule has 0 spiro atoms. The standard InChI is InChI=1S/C15H18N2O4/c1-11(18)4-3-9-16-14-8-7-13(17(20)21)10-12(14)5-2-6-15(16)19/h7-8,10H,2-6,9H2,1H3. The van der Waals surface area contributed by atoms with E-state index >= 15 is 0 Å². The lowest BCUT2D eigenvalue weighted by atomic mass is 10.1. The summed E-state index contributed by atoms with van der Waals surface area (Å²) in [5.74, 6) is 0.118. The summed E-state index contributed by atoms with van der Waals surface area (Å²) in [4.78, 5) is 35.3. The molecule has 1 aliphatic rings. The van der Waals surface area contributed by atoms with Crippen LogP contribution in [0.25, 0.3) is 0 Å². The fraction of sp³-hybridized carbons (Fsp3) is 0.467. The van der Waals surface area contributed by atoms with E-state index in [0.717, 1.165) is 11.3 Å². The fourth-order valence-electron chi connectivity index (χ4n) is 2.58. The number of non-ortho nitro benzene ring substituents is 1. The smallest absolute Gasteiger partial charge is 0.269 e. The number of amides is 1. The molecule has 0 unspecified atom stereocenters. The van der Waals surface area contributed by atoms with Gasteiger partial charge < -0.3 is 9.69 Å². The Morgan fingerprint density at radius 2 is 2.14 bits per heavy atom. The summed E-state index contributed by atoms with van der Waals surface area (Å²) in [7, 11) is 0. The molecule has 6 heteroatoms. The van der Waals surface area contributed by atoms with Crippen LogP contribution >= 0.6 is 0 Å². The van der Waals surface area contributed by atoms with Gasteiger partial charge in [-0.1, -0.05) is 0 Å². The van der Waals surface area contributed by atoms with Gasteiger partial charge in [0.25, 0.3) is 5.69 Å². The highest BCUT2D eigenvalue weighted by Crippen LogP contribution is 2.30. The number of aryl methyl sites for hydroxylation is 1. The van der Waals surface area contributed by atoms with Gasteiger partial charge >= 0.3 is 0 Å². The molecule has 21 heavy (non-hydrogen) atoms. The fourth-order valence-corrected chi connectivity index (χ4v) is 2.58. The van der Waals surface area contributed by atoms with Crippen molar-refractivity contribution in [2.24, 2.45) is 0 Å². The lowest BCUT2D eigenvalue weighted by Crippen LogP contribution is -2.31. The molecule has 1 heterocycles. The van der Waals surface area contributed by atoms with Crippen LogP contribution in [0.15, 0.2) is 18.2 Å². The zero-order valence-electron chi connectivity index (χ0n) is 12.0. The normalized spacial score (nSPS) is 14.5.